The highest BCUT2D eigenvalue weighted by molar-refractivity contribution is 5.77. The van der Waals surface area contributed by atoms with E-state index in [0.717, 1.165) is 18.2 Å². The summed E-state index contributed by atoms with van der Waals surface area (Å²) in [5.41, 5.74) is -0.0514. The monoisotopic (exact) mass is 272 g/mol. The van der Waals surface area contributed by atoms with Gasteiger partial charge in [0.15, 0.2) is 0 Å². The molecule has 0 aliphatic rings. The highest BCUT2D eigenvalue weighted by Crippen LogP contribution is 2.11. The van der Waals surface area contributed by atoms with Gasteiger partial charge < -0.3 is 9.47 Å². The van der Waals surface area contributed by atoms with E-state index in [-0.39, 0.29) is 31.6 Å². The summed E-state index contributed by atoms with van der Waals surface area (Å²) in [5, 5.41) is 0. The van der Waals surface area contributed by atoms with Crippen LogP contribution in [-0.4, -0.2) is 18.5 Å². The average molecular weight is 272 g/mol. The van der Waals surface area contributed by atoms with E-state index in [0.29, 0.717) is 0 Å². The molecule has 0 aliphatic heterocycles. The van der Waals surface area contributed by atoms with Gasteiger partial charge in [-0.05, 0) is 25.1 Å². The van der Waals surface area contributed by atoms with Crippen molar-refractivity contribution in [2.45, 2.75) is 26.4 Å². The number of esters is 2. The van der Waals surface area contributed by atoms with Crippen LogP contribution in [0, 0.1) is 11.6 Å². The Hall–Kier alpha value is -1.98. The van der Waals surface area contributed by atoms with E-state index in [1.54, 1.807) is 6.92 Å². The maximum Gasteiger partial charge on any atom is 0.306 e. The minimum Gasteiger partial charge on any atom is -0.466 e. The van der Waals surface area contributed by atoms with Crippen LogP contribution in [0.2, 0.25) is 0 Å². The summed E-state index contributed by atoms with van der Waals surface area (Å²) in [7, 11) is 0. The number of hydrogen-bond acceptors (Lipinski definition) is 4. The van der Waals surface area contributed by atoms with Crippen LogP contribution < -0.4 is 0 Å². The summed E-state index contributed by atoms with van der Waals surface area (Å²) < 4.78 is 35.4. The molecule has 1 rings (SSSR count). The van der Waals surface area contributed by atoms with Crippen molar-refractivity contribution in [1.82, 2.24) is 0 Å². The highest BCUT2D eigenvalue weighted by Gasteiger charge is 2.10. The molecule has 6 heteroatoms. The van der Waals surface area contributed by atoms with Crippen LogP contribution in [-0.2, 0) is 25.7 Å². The van der Waals surface area contributed by atoms with Crippen LogP contribution >= 0.6 is 0 Å². The van der Waals surface area contributed by atoms with E-state index in [9.17, 15) is 18.4 Å². The maximum atomic E-state index is 13.2. The summed E-state index contributed by atoms with van der Waals surface area (Å²) in [4.78, 5) is 22.3. The number of hydrogen-bond donors (Lipinski definition) is 0. The minimum atomic E-state index is -0.670. The zero-order chi connectivity index (χ0) is 14.3. The molecule has 0 N–H and O–H groups in total. The van der Waals surface area contributed by atoms with E-state index in [1.165, 1.54) is 0 Å². The first-order valence-corrected chi connectivity index (χ1v) is 5.78. The molecule has 0 saturated carbocycles. The summed E-state index contributed by atoms with van der Waals surface area (Å²) in [6, 6.07) is 2.88. The Morgan fingerprint density at radius 3 is 2.37 bits per heavy atom. The van der Waals surface area contributed by atoms with Gasteiger partial charge >= 0.3 is 11.9 Å². The van der Waals surface area contributed by atoms with Crippen molar-refractivity contribution in [3.63, 3.8) is 0 Å². The van der Waals surface area contributed by atoms with Gasteiger partial charge in [0.05, 0.1) is 19.4 Å². The number of ether oxygens (including phenoxy) is 2. The van der Waals surface area contributed by atoms with E-state index in [4.69, 9.17) is 4.74 Å². The van der Waals surface area contributed by atoms with Gasteiger partial charge in [-0.1, -0.05) is 0 Å². The molecule has 0 aliphatic carbocycles. The van der Waals surface area contributed by atoms with Gasteiger partial charge in [0.1, 0.15) is 18.2 Å². The molecule has 0 spiro atoms. The van der Waals surface area contributed by atoms with Crippen molar-refractivity contribution in [2.24, 2.45) is 0 Å². The molecule has 0 aromatic heterocycles. The first-order chi connectivity index (χ1) is 9.02. The summed E-state index contributed by atoms with van der Waals surface area (Å²) in [6.07, 6.45) is -0.256. The fourth-order valence-electron chi connectivity index (χ4n) is 1.32. The van der Waals surface area contributed by atoms with Gasteiger partial charge in [-0.15, -0.1) is 0 Å². The maximum absolute atomic E-state index is 13.2. The summed E-state index contributed by atoms with van der Waals surface area (Å²) >= 11 is 0. The van der Waals surface area contributed by atoms with Crippen molar-refractivity contribution in [3.05, 3.63) is 35.4 Å². The first-order valence-electron chi connectivity index (χ1n) is 5.78. The Morgan fingerprint density at radius 2 is 1.74 bits per heavy atom. The van der Waals surface area contributed by atoms with Crippen molar-refractivity contribution in [1.29, 1.82) is 0 Å². The molecule has 1 aromatic rings. The third-order valence-corrected chi connectivity index (χ3v) is 2.23. The largest absolute Gasteiger partial charge is 0.466 e. The van der Waals surface area contributed by atoms with Gasteiger partial charge in [-0.2, -0.15) is 0 Å². The molecular formula is C13H14F2O4. The summed E-state index contributed by atoms with van der Waals surface area (Å²) in [5.74, 6) is -2.44. The van der Waals surface area contributed by atoms with Gasteiger partial charge in [0.25, 0.3) is 0 Å². The Labute approximate surface area is 109 Å². The van der Waals surface area contributed by atoms with Crippen LogP contribution in [0.1, 0.15) is 25.3 Å². The molecule has 104 valence electrons. The molecule has 0 unspecified atom stereocenters. The second-order valence-electron chi connectivity index (χ2n) is 3.70. The number of rotatable bonds is 6. The molecule has 19 heavy (non-hydrogen) atoms. The van der Waals surface area contributed by atoms with E-state index >= 15 is 0 Å². The zero-order valence-corrected chi connectivity index (χ0v) is 10.4. The van der Waals surface area contributed by atoms with Crippen LogP contribution in [0.3, 0.4) is 0 Å². The number of carbonyl (C=O) groups is 2. The zero-order valence-electron chi connectivity index (χ0n) is 10.4. The predicted molar refractivity (Wildman–Crippen MR) is 62.0 cm³/mol. The number of benzene rings is 1. The molecule has 0 radical (unpaired) electrons. The van der Waals surface area contributed by atoms with Gasteiger partial charge in [0.2, 0.25) is 0 Å². The smallest absolute Gasteiger partial charge is 0.306 e. The molecule has 0 heterocycles. The molecule has 4 nitrogen and oxygen atoms in total. The SMILES string of the molecule is CCOC(=O)CCC(=O)OCc1cc(F)ccc1F. The first kappa shape index (κ1) is 15.1. The third-order valence-electron chi connectivity index (χ3n) is 2.23. The second kappa shape index (κ2) is 7.45. The van der Waals surface area contributed by atoms with Gasteiger partial charge in [0, 0.05) is 5.56 Å². The second-order valence-corrected chi connectivity index (χ2v) is 3.70. The highest BCUT2D eigenvalue weighted by atomic mass is 19.1. The van der Waals surface area contributed by atoms with Crippen LogP contribution in [0.25, 0.3) is 0 Å². The lowest BCUT2D eigenvalue weighted by molar-refractivity contribution is -0.150. The van der Waals surface area contributed by atoms with Crippen LogP contribution in [0.5, 0.6) is 0 Å². The normalized spacial score (nSPS) is 10.1. The number of carbonyl (C=O) groups excluding carboxylic acids is 2. The Morgan fingerprint density at radius 1 is 1.11 bits per heavy atom. The topological polar surface area (TPSA) is 52.6 Å². The van der Waals surface area contributed by atoms with Crippen molar-refractivity contribution >= 4 is 11.9 Å². The third kappa shape index (κ3) is 5.46. The Balaban J connectivity index is 2.38. The predicted octanol–water partition coefficient (Wildman–Crippen LogP) is 2.35. The lowest BCUT2D eigenvalue weighted by Crippen LogP contribution is -2.10. The van der Waals surface area contributed by atoms with E-state index in [2.05, 4.69) is 4.74 Å². The van der Waals surface area contributed by atoms with Gasteiger partial charge in [-0.25, -0.2) is 8.78 Å². The standard InChI is InChI=1S/C13H14F2O4/c1-2-18-12(16)5-6-13(17)19-8-9-7-10(14)3-4-11(9)15/h3-4,7H,2,5-6,8H2,1H3. The minimum absolute atomic E-state index is 0.0514. The fraction of sp³-hybridized carbons (Fsp3) is 0.385. The molecule has 0 fully saturated rings. The van der Waals surface area contributed by atoms with Crippen LogP contribution in [0.15, 0.2) is 18.2 Å². The Kier molecular flexibility index (Phi) is 5.92. The molecule has 1 aromatic carbocycles. The van der Waals surface area contributed by atoms with E-state index < -0.39 is 23.6 Å². The molecule has 0 amide bonds. The fourth-order valence-corrected chi connectivity index (χ4v) is 1.32. The molecule has 0 atom stereocenters. The quantitative estimate of drug-likeness (QED) is 0.746. The van der Waals surface area contributed by atoms with Crippen LogP contribution in [0.4, 0.5) is 8.78 Å². The Bertz CT molecular complexity index is 460. The average Bonchev–Trinajstić information content (AvgIpc) is 2.38. The molecule has 0 saturated heterocycles. The molecular weight excluding hydrogens is 258 g/mol. The number of halogens is 2. The summed E-state index contributed by atoms with van der Waals surface area (Å²) in [6.45, 7) is 1.52. The van der Waals surface area contributed by atoms with E-state index in [1.807, 2.05) is 0 Å². The van der Waals surface area contributed by atoms with Crippen molar-refractivity contribution < 1.29 is 27.8 Å². The van der Waals surface area contributed by atoms with Crippen molar-refractivity contribution in [2.75, 3.05) is 6.61 Å². The van der Waals surface area contributed by atoms with Crippen molar-refractivity contribution in [3.8, 4) is 0 Å². The molecule has 0 bridgehead atoms. The lowest BCUT2D eigenvalue weighted by atomic mass is 10.2. The van der Waals surface area contributed by atoms with Gasteiger partial charge in [-0.3, -0.25) is 9.59 Å². The lowest BCUT2D eigenvalue weighted by Gasteiger charge is -2.06.